The maximum absolute atomic E-state index is 13.5. The van der Waals surface area contributed by atoms with Gasteiger partial charge in [-0.05, 0) is 69.1 Å². The number of alkyl halides is 3. The fourth-order valence-electron chi connectivity index (χ4n) is 5.33. The van der Waals surface area contributed by atoms with Crippen LogP contribution < -0.4 is 21.3 Å². The molecule has 2 atom stereocenters. The molecule has 2 fully saturated rings. The van der Waals surface area contributed by atoms with Gasteiger partial charge in [-0.25, -0.2) is 4.79 Å². The van der Waals surface area contributed by atoms with E-state index >= 15 is 0 Å². The Hall–Kier alpha value is -3.14. The average molecular weight is 627 g/mol. The minimum absolute atomic E-state index is 0.00666. The van der Waals surface area contributed by atoms with Crippen molar-refractivity contribution in [2.45, 2.75) is 70.4 Å². The van der Waals surface area contributed by atoms with E-state index in [0.717, 1.165) is 29.9 Å². The number of piperidine rings is 1. The normalized spacial score (nSPS) is 20.4. The lowest BCUT2D eigenvalue weighted by molar-refractivity contribution is -0.177. The van der Waals surface area contributed by atoms with Crippen molar-refractivity contribution in [3.8, 4) is 0 Å². The number of nitrogens with one attached hydrogen (secondary N) is 2. The smallest absolute Gasteiger partial charge is 0.414 e. The molecule has 2 aliphatic heterocycles. The maximum Gasteiger partial charge on any atom is 0.414 e. The summed E-state index contributed by atoms with van der Waals surface area (Å²) in [6.45, 7) is 6.80. The van der Waals surface area contributed by atoms with Crippen LogP contribution in [-0.2, 0) is 20.8 Å². The van der Waals surface area contributed by atoms with Crippen LogP contribution in [-0.4, -0.2) is 66.3 Å². The molecule has 15 heteroatoms. The second-order valence-electron chi connectivity index (χ2n) is 11.9. The summed E-state index contributed by atoms with van der Waals surface area (Å²) in [5.41, 5.74) is 8.40. The molecule has 0 unspecified atom stereocenters. The van der Waals surface area contributed by atoms with E-state index in [-0.39, 0.29) is 32.2 Å². The highest BCUT2D eigenvalue weighted by atomic mass is 32.1. The van der Waals surface area contributed by atoms with Crippen molar-refractivity contribution in [3.63, 3.8) is 0 Å². The van der Waals surface area contributed by atoms with E-state index in [2.05, 4.69) is 20.0 Å². The molecule has 3 aromatic heterocycles. The third kappa shape index (κ3) is 7.88. The van der Waals surface area contributed by atoms with Crippen molar-refractivity contribution >= 4 is 45.3 Å². The fraction of sp³-hybridized carbons (Fsp3) is 0.607. The molecular weight excluding hydrogens is 589 g/mol. The third-order valence-electron chi connectivity index (χ3n) is 7.35. The minimum atomic E-state index is -4.32. The Labute approximate surface area is 251 Å². The van der Waals surface area contributed by atoms with Crippen molar-refractivity contribution in [2.24, 2.45) is 11.7 Å². The first-order valence-electron chi connectivity index (χ1n) is 14.2. The molecule has 5 heterocycles. The van der Waals surface area contributed by atoms with Gasteiger partial charge in [0.15, 0.2) is 5.58 Å². The van der Waals surface area contributed by atoms with Crippen molar-refractivity contribution in [3.05, 3.63) is 29.6 Å². The first kappa shape index (κ1) is 31.3. The van der Waals surface area contributed by atoms with Crippen molar-refractivity contribution in [2.75, 3.05) is 48.6 Å². The summed E-state index contributed by atoms with van der Waals surface area (Å²) >= 11 is 1.10. The lowest BCUT2D eigenvalue weighted by atomic mass is 9.93. The van der Waals surface area contributed by atoms with Crippen molar-refractivity contribution in [1.82, 2.24) is 9.36 Å². The summed E-state index contributed by atoms with van der Waals surface area (Å²) in [7, 11) is 0. The summed E-state index contributed by atoms with van der Waals surface area (Å²) in [4.78, 5) is 18.9. The van der Waals surface area contributed by atoms with Crippen LogP contribution in [0.15, 0.2) is 22.9 Å². The van der Waals surface area contributed by atoms with E-state index in [1.165, 1.54) is 0 Å². The number of amides is 1. The Morgan fingerprint density at radius 2 is 1.98 bits per heavy atom. The molecule has 0 radical (unpaired) electrons. The first-order valence-corrected chi connectivity index (χ1v) is 15.0. The molecular formula is C28H37F3N6O5S. The number of hydrogen-bond acceptors (Lipinski definition) is 11. The van der Waals surface area contributed by atoms with Gasteiger partial charge in [0.1, 0.15) is 22.8 Å². The number of aromatic nitrogens is 2. The number of rotatable bonds is 8. The van der Waals surface area contributed by atoms with Gasteiger partial charge in [0.25, 0.3) is 0 Å². The molecule has 4 N–H and O–H groups in total. The predicted molar refractivity (Wildman–Crippen MR) is 156 cm³/mol. The standard InChI is InChI=1S/C28H37F3N6O5S/c1-27(2,3)42-26(38)36-24-20(23-22(41-24)8-17(10-33-23)16-4-6-39-7-5-16)14-40-15-34-21-11-35-43-25(21)37-12-18(28(29,30)31)9-19(32)13-37/h8,10-11,16,18-19,34H,4-7,9,12-15,32H2,1-3H3,(H,36,38)/t18-,19+/m1/s1. The predicted octanol–water partition coefficient (Wildman–Crippen LogP) is 5.83. The topological polar surface area (TPSA) is 137 Å². The van der Waals surface area contributed by atoms with Gasteiger partial charge in [-0.15, -0.1) is 0 Å². The monoisotopic (exact) mass is 626 g/mol. The minimum Gasteiger partial charge on any atom is -0.444 e. The molecule has 11 nitrogen and oxygen atoms in total. The summed E-state index contributed by atoms with van der Waals surface area (Å²) in [5.74, 6) is -1.04. The van der Waals surface area contributed by atoms with E-state index in [1.54, 1.807) is 31.9 Å². The fourth-order valence-corrected chi connectivity index (χ4v) is 6.08. The molecule has 2 aliphatic rings. The van der Waals surface area contributed by atoms with Crippen molar-refractivity contribution in [1.29, 1.82) is 0 Å². The molecule has 1 amide bonds. The zero-order valence-electron chi connectivity index (χ0n) is 24.3. The molecule has 236 valence electrons. The van der Waals surface area contributed by atoms with Gasteiger partial charge in [0, 0.05) is 38.5 Å². The number of furan rings is 1. The van der Waals surface area contributed by atoms with Gasteiger partial charge >= 0.3 is 12.3 Å². The molecule has 0 aromatic carbocycles. The van der Waals surface area contributed by atoms with Crippen LogP contribution >= 0.6 is 11.5 Å². The lowest BCUT2D eigenvalue weighted by Gasteiger charge is -2.37. The Bertz CT molecular complexity index is 1400. The van der Waals surface area contributed by atoms with Gasteiger partial charge < -0.3 is 34.6 Å². The van der Waals surface area contributed by atoms with Gasteiger partial charge in [0.2, 0.25) is 5.88 Å². The Balaban J connectivity index is 1.28. The van der Waals surface area contributed by atoms with Gasteiger partial charge in [-0.2, -0.15) is 17.5 Å². The van der Waals surface area contributed by atoms with Crippen LogP contribution in [0.5, 0.6) is 0 Å². The molecule has 3 aromatic rings. The number of fused-ring (bicyclic) bond motifs is 1. The third-order valence-corrected chi connectivity index (χ3v) is 8.21. The molecule has 0 spiro atoms. The van der Waals surface area contributed by atoms with Crippen LogP contribution in [0.3, 0.4) is 0 Å². The molecule has 43 heavy (non-hydrogen) atoms. The highest BCUT2D eigenvalue weighted by Gasteiger charge is 2.44. The second-order valence-corrected chi connectivity index (χ2v) is 12.7. The quantitative estimate of drug-likeness (QED) is 0.207. The largest absolute Gasteiger partial charge is 0.444 e. The van der Waals surface area contributed by atoms with E-state index in [1.807, 2.05) is 12.3 Å². The zero-order chi connectivity index (χ0) is 30.8. The number of hydrogen-bond donors (Lipinski definition) is 3. The van der Waals surface area contributed by atoms with Crippen molar-refractivity contribution < 1.29 is 36.6 Å². The summed E-state index contributed by atoms with van der Waals surface area (Å²) in [6.07, 6.45) is 0.0307. The number of anilines is 3. The SMILES string of the molecule is CC(C)(C)OC(=O)Nc1oc2cc(C3CCOCC3)cnc2c1COCNc1cnsc1N1C[C@@H](N)C[C@@H](C(F)(F)F)C1. The summed E-state index contributed by atoms with van der Waals surface area (Å²) < 4.78 is 67.3. The van der Waals surface area contributed by atoms with Crippen LogP contribution in [0.1, 0.15) is 57.1 Å². The Kier molecular flexibility index (Phi) is 9.34. The zero-order valence-corrected chi connectivity index (χ0v) is 25.1. The van der Waals surface area contributed by atoms with Crippen LogP contribution in [0.25, 0.3) is 11.1 Å². The number of halogens is 3. The molecule has 0 bridgehead atoms. The number of pyridine rings is 1. The van der Waals surface area contributed by atoms with Gasteiger partial charge in [-0.3, -0.25) is 10.3 Å². The van der Waals surface area contributed by atoms with Gasteiger partial charge in [0.05, 0.1) is 30.0 Å². The molecule has 5 rings (SSSR count). The lowest BCUT2D eigenvalue weighted by Crippen LogP contribution is -2.50. The van der Waals surface area contributed by atoms with E-state index in [4.69, 9.17) is 24.4 Å². The van der Waals surface area contributed by atoms with E-state index < -0.39 is 29.8 Å². The van der Waals surface area contributed by atoms with Crippen LogP contribution in [0, 0.1) is 5.92 Å². The summed E-state index contributed by atoms with van der Waals surface area (Å²) in [6, 6.07) is 1.33. The number of ether oxygens (including phenoxy) is 3. The highest BCUT2D eigenvalue weighted by molar-refractivity contribution is 7.10. The first-order chi connectivity index (χ1) is 20.4. The molecule has 0 aliphatic carbocycles. The van der Waals surface area contributed by atoms with E-state index in [9.17, 15) is 18.0 Å². The van der Waals surface area contributed by atoms with Crippen LogP contribution in [0.4, 0.5) is 34.5 Å². The maximum atomic E-state index is 13.5. The Morgan fingerprint density at radius 1 is 1.21 bits per heavy atom. The van der Waals surface area contributed by atoms with Gasteiger partial charge in [-0.1, -0.05) is 0 Å². The second kappa shape index (κ2) is 12.8. The van der Waals surface area contributed by atoms with Crippen LogP contribution in [0.2, 0.25) is 0 Å². The highest BCUT2D eigenvalue weighted by Crippen LogP contribution is 2.39. The average Bonchev–Trinajstić information content (AvgIpc) is 3.53. The Morgan fingerprint density at radius 3 is 2.70 bits per heavy atom. The number of nitrogens with two attached hydrogens (primary N) is 1. The summed E-state index contributed by atoms with van der Waals surface area (Å²) in [5, 5.41) is 6.34. The number of carbonyl (C=O) groups is 1. The molecule has 0 saturated carbocycles. The molecule has 2 saturated heterocycles. The number of carbonyl (C=O) groups excluding carboxylic acids is 1. The van der Waals surface area contributed by atoms with E-state index in [0.29, 0.717) is 53.0 Å². The number of nitrogens with zero attached hydrogens (tertiary/aromatic N) is 3.